The smallest absolute Gasteiger partial charge is 0.115 e. The zero-order valence-electron chi connectivity index (χ0n) is 11.0. The monoisotopic (exact) mass is 245 g/mol. The number of H-pyrrole nitrogens is 1. The van der Waals surface area contributed by atoms with Crippen LogP contribution in [0.15, 0.2) is 24.3 Å². The minimum absolute atomic E-state index is 0.186. The van der Waals surface area contributed by atoms with E-state index in [9.17, 15) is 5.11 Å². The van der Waals surface area contributed by atoms with Gasteiger partial charge in [-0.25, -0.2) is 0 Å². The number of phenolic OH excluding ortho intramolecular Hbond substituents is 1. The van der Waals surface area contributed by atoms with Gasteiger partial charge in [-0.05, 0) is 38.5 Å². The van der Waals surface area contributed by atoms with Crippen LogP contribution >= 0.6 is 0 Å². The number of rotatable bonds is 4. The van der Waals surface area contributed by atoms with Crippen molar-refractivity contribution in [3.05, 3.63) is 46.8 Å². The van der Waals surface area contributed by atoms with Crippen LogP contribution in [0.5, 0.6) is 5.75 Å². The second-order valence-corrected chi connectivity index (χ2v) is 4.61. The van der Waals surface area contributed by atoms with Crippen LogP contribution in [0.2, 0.25) is 0 Å². The molecule has 1 aromatic heterocycles. The largest absolute Gasteiger partial charge is 0.508 e. The average Bonchev–Trinajstić information content (AvgIpc) is 2.66. The highest BCUT2D eigenvalue weighted by Crippen LogP contribution is 2.19. The van der Waals surface area contributed by atoms with Crippen LogP contribution in [0, 0.1) is 13.8 Å². The first-order chi connectivity index (χ1) is 8.58. The number of nitrogens with one attached hydrogen (secondary N) is 2. The fourth-order valence-electron chi connectivity index (χ4n) is 2.00. The van der Waals surface area contributed by atoms with Crippen molar-refractivity contribution in [3.8, 4) is 5.75 Å². The number of aromatic amines is 1. The Bertz CT molecular complexity index is 514. The molecule has 2 rings (SSSR count). The third-order valence-corrected chi connectivity index (χ3v) is 3.24. The van der Waals surface area contributed by atoms with Crippen molar-refractivity contribution < 1.29 is 5.11 Å². The molecule has 96 valence electrons. The third-order valence-electron chi connectivity index (χ3n) is 3.24. The van der Waals surface area contributed by atoms with Crippen LogP contribution in [0.1, 0.15) is 35.5 Å². The van der Waals surface area contributed by atoms with E-state index in [4.69, 9.17) is 0 Å². The minimum atomic E-state index is 0.186. The molecule has 3 N–H and O–H groups in total. The lowest BCUT2D eigenvalue weighted by atomic mass is 10.1. The molecule has 0 bridgehead atoms. The first kappa shape index (κ1) is 12.6. The Morgan fingerprint density at radius 1 is 1.39 bits per heavy atom. The molecule has 0 amide bonds. The summed E-state index contributed by atoms with van der Waals surface area (Å²) >= 11 is 0. The van der Waals surface area contributed by atoms with E-state index in [1.807, 2.05) is 26.0 Å². The maximum absolute atomic E-state index is 9.46. The normalized spacial score (nSPS) is 12.6. The third kappa shape index (κ3) is 2.71. The quantitative estimate of drug-likeness (QED) is 0.776. The Morgan fingerprint density at radius 2 is 2.17 bits per heavy atom. The van der Waals surface area contributed by atoms with Gasteiger partial charge in [0.15, 0.2) is 0 Å². The Labute approximate surface area is 107 Å². The van der Waals surface area contributed by atoms with Crippen molar-refractivity contribution >= 4 is 0 Å². The van der Waals surface area contributed by atoms with Crippen LogP contribution in [0.25, 0.3) is 0 Å². The minimum Gasteiger partial charge on any atom is -0.508 e. The fraction of sp³-hybridized carbons (Fsp3) is 0.357. The molecule has 0 saturated carbocycles. The van der Waals surface area contributed by atoms with E-state index in [0.29, 0.717) is 5.75 Å². The van der Waals surface area contributed by atoms with Crippen molar-refractivity contribution in [3.63, 3.8) is 0 Å². The summed E-state index contributed by atoms with van der Waals surface area (Å²) in [6.45, 7) is 6.88. The van der Waals surface area contributed by atoms with Crippen molar-refractivity contribution in [2.75, 3.05) is 0 Å². The van der Waals surface area contributed by atoms with Crippen LogP contribution in [-0.2, 0) is 6.54 Å². The Kier molecular flexibility index (Phi) is 3.67. The van der Waals surface area contributed by atoms with Crippen LogP contribution in [0.3, 0.4) is 0 Å². The number of hydrogen-bond acceptors (Lipinski definition) is 3. The first-order valence-electron chi connectivity index (χ1n) is 6.10. The predicted octanol–water partition coefficient (Wildman–Crippen LogP) is 2.58. The second kappa shape index (κ2) is 5.23. The summed E-state index contributed by atoms with van der Waals surface area (Å²) in [5, 5.41) is 20.1. The van der Waals surface area contributed by atoms with Gasteiger partial charge in [0.05, 0.1) is 5.69 Å². The van der Waals surface area contributed by atoms with E-state index in [-0.39, 0.29) is 6.04 Å². The maximum atomic E-state index is 9.46. The summed E-state index contributed by atoms with van der Waals surface area (Å²) < 4.78 is 0. The highest BCUT2D eigenvalue weighted by atomic mass is 16.3. The van der Waals surface area contributed by atoms with Crippen molar-refractivity contribution in [1.29, 1.82) is 0 Å². The van der Waals surface area contributed by atoms with Gasteiger partial charge in [0, 0.05) is 23.8 Å². The predicted molar refractivity (Wildman–Crippen MR) is 71.4 cm³/mol. The topological polar surface area (TPSA) is 60.9 Å². The van der Waals surface area contributed by atoms with Gasteiger partial charge >= 0.3 is 0 Å². The molecule has 0 aliphatic heterocycles. The number of aryl methyl sites for hydroxylation is 2. The molecule has 1 heterocycles. The molecule has 0 radical (unpaired) electrons. The van der Waals surface area contributed by atoms with Gasteiger partial charge in [-0.2, -0.15) is 5.10 Å². The lowest BCUT2D eigenvalue weighted by Crippen LogP contribution is -2.18. The number of hydrogen-bond donors (Lipinski definition) is 3. The Hall–Kier alpha value is -1.81. The summed E-state index contributed by atoms with van der Waals surface area (Å²) in [6, 6.07) is 7.52. The molecule has 2 aromatic rings. The van der Waals surface area contributed by atoms with Gasteiger partial charge in [0.2, 0.25) is 0 Å². The van der Waals surface area contributed by atoms with Gasteiger partial charge < -0.3 is 10.4 Å². The fourth-order valence-corrected chi connectivity index (χ4v) is 2.00. The number of aromatic nitrogens is 2. The van der Waals surface area contributed by atoms with Gasteiger partial charge in [0.1, 0.15) is 5.75 Å². The highest BCUT2D eigenvalue weighted by Gasteiger charge is 2.09. The first-order valence-corrected chi connectivity index (χ1v) is 6.10. The van der Waals surface area contributed by atoms with Crippen molar-refractivity contribution in [2.24, 2.45) is 0 Å². The highest BCUT2D eigenvalue weighted by molar-refractivity contribution is 5.29. The molecule has 4 heteroatoms. The van der Waals surface area contributed by atoms with E-state index in [1.54, 1.807) is 12.1 Å². The van der Waals surface area contributed by atoms with Crippen molar-refractivity contribution in [1.82, 2.24) is 15.5 Å². The molecule has 4 nitrogen and oxygen atoms in total. The molecule has 0 saturated heterocycles. The molecular weight excluding hydrogens is 226 g/mol. The van der Waals surface area contributed by atoms with Crippen molar-refractivity contribution in [2.45, 2.75) is 33.4 Å². The molecule has 1 aromatic carbocycles. The lowest BCUT2D eigenvalue weighted by Gasteiger charge is -2.14. The number of phenols is 1. The number of nitrogens with zero attached hydrogens (tertiary/aromatic N) is 1. The zero-order valence-corrected chi connectivity index (χ0v) is 11.0. The average molecular weight is 245 g/mol. The summed E-state index contributed by atoms with van der Waals surface area (Å²) in [6.07, 6.45) is 0. The van der Waals surface area contributed by atoms with Crippen LogP contribution in [0.4, 0.5) is 0 Å². The summed E-state index contributed by atoms with van der Waals surface area (Å²) in [5.74, 6) is 0.303. The standard InChI is InChI=1S/C14H19N3O/c1-9(12-5-4-6-13(18)7-12)15-8-14-10(2)16-17-11(14)3/h4-7,9,15,18H,8H2,1-3H3,(H,16,17). The number of benzene rings is 1. The van der Waals surface area contributed by atoms with E-state index in [2.05, 4.69) is 22.4 Å². The SMILES string of the molecule is Cc1n[nH]c(C)c1CNC(C)c1cccc(O)c1. The summed E-state index contributed by atoms with van der Waals surface area (Å²) in [5.41, 5.74) is 4.42. The van der Waals surface area contributed by atoms with Gasteiger partial charge in [-0.15, -0.1) is 0 Å². The molecule has 0 spiro atoms. The molecule has 0 aliphatic carbocycles. The number of aromatic hydroxyl groups is 1. The van der Waals surface area contributed by atoms with Crippen LogP contribution < -0.4 is 5.32 Å². The second-order valence-electron chi connectivity index (χ2n) is 4.61. The molecular formula is C14H19N3O. The van der Waals surface area contributed by atoms with Gasteiger partial charge in [0.25, 0.3) is 0 Å². The maximum Gasteiger partial charge on any atom is 0.115 e. The molecule has 18 heavy (non-hydrogen) atoms. The molecule has 1 atom stereocenters. The lowest BCUT2D eigenvalue weighted by molar-refractivity contribution is 0.472. The summed E-state index contributed by atoms with van der Waals surface area (Å²) in [7, 11) is 0. The van der Waals surface area contributed by atoms with Crippen LogP contribution in [-0.4, -0.2) is 15.3 Å². The van der Waals surface area contributed by atoms with E-state index in [0.717, 1.165) is 23.5 Å². The van der Waals surface area contributed by atoms with Gasteiger partial charge in [-0.3, -0.25) is 5.10 Å². The molecule has 0 fully saturated rings. The Morgan fingerprint density at radius 3 is 2.78 bits per heavy atom. The summed E-state index contributed by atoms with van der Waals surface area (Å²) in [4.78, 5) is 0. The van der Waals surface area contributed by atoms with E-state index < -0.39 is 0 Å². The molecule has 1 unspecified atom stereocenters. The van der Waals surface area contributed by atoms with E-state index in [1.165, 1.54) is 5.56 Å². The molecule has 0 aliphatic rings. The zero-order chi connectivity index (χ0) is 13.1. The van der Waals surface area contributed by atoms with Gasteiger partial charge in [-0.1, -0.05) is 12.1 Å². The van der Waals surface area contributed by atoms with E-state index >= 15 is 0 Å². The Balaban J connectivity index is 2.02.